The molecule has 0 unspecified atom stereocenters. The van der Waals surface area contributed by atoms with Crippen molar-refractivity contribution in [3.05, 3.63) is 0 Å². The van der Waals surface area contributed by atoms with Gasteiger partial charge in [0.25, 0.3) is 0 Å². The van der Waals surface area contributed by atoms with Gasteiger partial charge in [-0.2, -0.15) is 0 Å². The lowest BCUT2D eigenvalue weighted by Crippen LogP contribution is -2.42. The summed E-state index contributed by atoms with van der Waals surface area (Å²) in [6.07, 6.45) is 0. The minimum absolute atomic E-state index is 0.00563. The molecular formula is C10H19NO4. The lowest BCUT2D eigenvalue weighted by Gasteiger charge is -2.25. The maximum Gasteiger partial charge on any atom is 0.325 e. The third kappa shape index (κ3) is 5.37. The Balaban J connectivity index is 4.25. The summed E-state index contributed by atoms with van der Waals surface area (Å²) >= 11 is 0. The topological polar surface area (TPSA) is 55.8 Å². The molecule has 0 aromatic rings. The molecule has 0 N–H and O–H groups in total. The first kappa shape index (κ1) is 13.9. The highest BCUT2D eigenvalue weighted by Crippen LogP contribution is 2.00. The summed E-state index contributed by atoms with van der Waals surface area (Å²) in [6.45, 7) is 5.95. The minimum Gasteiger partial charge on any atom is -0.468 e. The van der Waals surface area contributed by atoms with Crippen molar-refractivity contribution < 1.29 is 19.1 Å². The van der Waals surface area contributed by atoms with Crippen molar-refractivity contribution in [1.29, 1.82) is 0 Å². The number of hydrogen-bond acceptors (Lipinski definition) is 4. The molecule has 0 heterocycles. The quantitative estimate of drug-likeness (QED) is 0.605. The summed E-state index contributed by atoms with van der Waals surface area (Å²) in [4.78, 5) is 24.1. The number of ether oxygens (including phenoxy) is 2. The number of esters is 1. The summed E-state index contributed by atoms with van der Waals surface area (Å²) < 4.78 is 9.51. The van der Waals surface area contributed by atoms with Gasteiger partial charge < -0.3 is 14.4 Å². The minimum atomic E-state index is -0.423. The van der Waals surface area contributed by atoms with Gasteiger partial charge in [0.15, 0.2) is 0 Å². The lowest BCUT2D eigenvalue weighted by molar-refractivity contribution is -0.150. The number of methoxy groups -OCH3 is 1. The molecule has 0 saturated heterocycles. The average molecular weight is 217 g/mol. The largest absolute Gasteiger partial charge is 0.468 e. The Labute approximate surface area is 90.3 Å². The maximum absolute atomic E-state index is 11.6. The fourth-order valence-corrected chi connectivity index (χ4v) is 1.03. The number of carbonyl (C=O) groups is 2. The van der Waals surface area contributed by atoms with Gasteiger partial charge in [0.05, 0.1) is 7.11 Å². The van der Waals surface area contributed by atoms with E-state index in [1.54, 1.807) is 0 Å². The smallest absolute Gasteiger partial charge is 0.325 e. The molecule has 0 aliphatic heterocycles. The molecule has 88 valence electrons. The second-order valence-electron chi connectivity index (χ2n) is 3.33. The van der Waals surface area contributed by atoms with E-state index in [2.05, 4.69) is 4.74 Å². The molecule has 0 fully saturated rings. The molecule has 0 rings (SSSR count). The zero-order valence-electron chi connectivity index (χ0n) is 9.78. The molecule has 15 heavy (non-hydrogen) atoms. The maximum atomic E-state index is 11.6. The predicted molar refractivity (Wildman–Crippen MR) is 55.4 cm³/mol. The highest BCUT2D eigenvalue weighted by molar-refractivity contribution is 5.83. The van der Waals surface area contributed by atoms with Gasteiger partial charge in [-0.25, -0.2) is 0 Å². The second kappa shape index (κ2) is 7.23. The first-order valence-corrected chi connectivity index (χ1v) is 4.96. The summed E-state index contributed by atoms with van der Waals surface area (Å²) in [5, 5.41) is 0. The van der Waals surface area contributed by atoms with Crippen LogP contribution in [0.3, 0.4) is 0 Å². The number of rotatable bonds is 6. The molecule has 5 heteroatoms. The molecule has 0 atom stereocenters. The van der Waals surface area contributed by atoms with Crippen LogP contribution in [0.2, 0.25) is 0 Å². The first-order chi connectivity index (χ1) is 7.02. The van der Waals surface area contributed by atoms with E-state index in [0.29, 0.717) is 6.61 Å². The van der Waals surface area contributed by atoms with E-state index in [4.69, 9.17) is 4.74 Å². The van der Waals surface area contributed by atoms with Crippen molar-refractivity contribution in [3.63, 3.8) is 0 Å². The molecule has 0 bridgehead atoms. The van der Waals surface area contributed by atoms with Crippen LogP contribution < -0.4 is 0 Å². The van der Waals surface area contributed by atoms with Gasteiger partial charge in [-0.3, -0.25) is 9.59 Å². The van der Waals surface area contributed by atoms with Gasteiger partial charge in [0.1, 0.15) is 13.2 Å². The van der Waals surface area contributed by atoms with E-state index in [0.717, 1.165) is 0 Å². The highest BCUT2D eigenvalue weighted by Gasteiger charge is 2.20. The van der Waals surface area contributed by atoms with Crippen molar-refractivity contribution in [2.24, 2.45) is 0 Å². The summed E-state index contributed by atoms with van der Waals surface area (Å²) in [6, 6.07) is -0.0444. The van der Waals surface area contributed by atoms with Gasteiger partial charge in [-0.15, -0.1) is 0 Å². The Morgan fingerprint density at radius 2 is 1.93 bits per heavy atom. The number of amides is 1. The number of carbonyl (C=O) groups excluding carboxylic acids is 2. The van der Waals surface area contributed by atoms with Crippen molar-refractivity contribution in [2.75, 3.05) is 26.9 Å². The molecule has 0 aliphatic carbocycles. The fraction of sp³-hybridized carbons (Fsp3) is 0.800. The Hall–Kier alpha value is -1.10. The van der Waals surface area contributed by atoms with Crippen LogP contribution in [-0.4, -0.2) is 49.7 Å². The van der Waals surface area contributed by atoms with Gasteiger partial charge in [-0.05, 0) is 20.8 Å². The van der Waals surface area contributed by atoms with Crippen molar-refractivity contribution in [1.82, 2.24) is 4.90 Å². The summed E-state index contributed by atoms with van der Waals surface area (Å²) in [7, 11) is 1.30. The molecule has 0 aliphatic rings. The molecule has 0 saturated carbocycles. The molecule has 0 spiro atoms. The van der Waals surface area contributed by atoms with E-state index in [1.165, 1.54) is 12.0 Å². The van der Waals surface area contributed by atoms with Crippen LogP contribution in [-0.2, 0) is 19.1 Å². The lowest BCUT2D eigenvalue weighted by atomic mass is 10.3. The van der Waals surface area contributed by atoms with Crippen LogP contribution >= 0.6 is 0 Å². The van der Waals surface area contributed by atoms with E-state index in [9.17, 15) is 9.59 Å². The standard InChI is InChI=1S/C10H19NO4/c1-5-15-7-9(12)11(8(2)3)6-10(13)14-4/h8H,5-7H2,1-4H3. The number of nitrogens with zero attached hydrogens (tertiary/aromatic N) is 1. The van der Waals surface area contributed by atoms with Crippen LogP contribution in [0.4, 0.5) is 0 Å². The van der Waals surface area contributed by atoms with E-state index in [-0.39, 0.29) is 25.1 Å². The molecule has 1 amide bonds. The third-order valence-corrected chi connectivity index (χ3v) is 1.90. The Bertz CT molecular complexity index is 215. The van der Waals surface area contributed by atoms with E-state index in [1.807, 2.05) is 20.8 Å². The third-order valence-electron chi connectivity index (χ3n) is 1.90. The molecule has 5 nitrogen and oxygen atoms in total. The summed E-state index contributed by atoms with van der Waals surface area (Å²) in [5.74, 6) is -0.620. The van der Waals surface area contributed by atoms with Crippen molar-refractivity contribution >= 4 is 11.9 Å². The Kier molecular flexibility index (Phi) is 6.70. The van der Waals surface area contributed by atoms with Crippen LogP contribution in [0.5, 0.6) is 0 Å². The van der Waals surface area contributed by atoms with Crippen LogP contribution in [0.25, 0.3) is 0 Å². The monoisotopic (exact) mass is 217 g/mol. The van der Waals surface area contributed by atoms with E-state index >= 15 is 0 Å². The van der Waals surface area contributed by atoms with Crippen LogP contribution in [0.15, 0.2) is 0 Å². The van der Waals surface area contributed by atoms with Crippen molar-refractivity contribution in [3.8, 4) is 0 Å². The average Bonchev–Trinajstić information content (AvgIpc) is 2.21. The molecular weight excluding hydrogens is 198 g/mol. The van der Waals surface area contributed by atoms with Gasteiger partial charge in [-0.1, -0.05) is 0 Å². The first-order valence-electron chi connectivity index (χ1n) is 4.96. The fourth-order valence-electron chi connectivity index (χ4n) is 1.03. The van der Waals surface area contributed by atoms with Crippen LogP contribution in [0, 0.1) is 0 Å². The van der Waals surface area contributed by atoms with Gasteiger partial charge >= 0.3 is 5.97 Å². The van der Waals surface area contributed by atoms with Crippen molar-refractivity contribution in [2.45, 2.75) is 26.8 Å². The number of hydrogen-bond donors (Lipinski definition) is 0. The highest BCUT2D eigenvalue weighted by atomic mass is 16.5. The van der Waals surface area contributed by atoms with Crippen LogP contribution in [0.1, 0.15) is 20.8 Å². The zero-order valence-corrected chi connectivity index (χ0v) is 9.78. The SMILES string of the molecule is CCOCC(=O)N(CC(=O)OC)C(C)C. The molecule has 0 aromatic carbocycles. The van der Waals surface area contributed by atoms with Gasteiger partial charge in [0.2, 0.25) is 5.91 Å². The summed E-state index contributed by atoms with van der Waals surface area (Å²) in [5.41, 5.74) is 0. The Morgan fingerprint density at radius 3 is 2.33 bits per heavy atom. The van der Waals surface area contributed by atoms with E-state index < -0.39 is 5.97 Å². The predicted octanol–water partition coefficient (Wildman–Crippen LogP) is 0.433. The molecule has 0 radical (unpaired) electrons. The van der Waals surface area contributed by atoms with Gasteiger partial charge in [0, 0.05) is 12.6 Å². The second-order valence-corrected chi connectivity index (χ2v) is 3.33. The zero-order chi connectivity index (χ0) is 11.8. The Morgan fingerprint density at radius 1 is 1.33 bits per heavy atom. The molecule has 0 aromatic heterocycles. The normalized spacial score (nSPS) is 10.2.